The molecular formula is C19H21FN4O2. The number of carbonyl (C=O) groups is 2. The van der Waals surface area contributed by atoms with Gasteiger partial charge >= 0.3 is 0 Å². The van der Waals surface area contributed by atoms with E-state index in [4.69, 9.17) is 0 Å². The molecule has 2 N–H and O–H groups in total. The number of likely N-dealkylation sites (N-methyl/N-ethyl adjacent to an activating group) is 1. The second-order valence-electron chi connectivity index (χ2n) is 7.06. The molecule has 3 rings (SSSR count). The van der Waals surface area contributed by atoms with E-state index >= 15 is 0 Å². The van der Waals surface area contributed by atoms with Crippen molar-refractivity contribution in [3.8, 4) is 0 Å². The third-order valence-electron chi connectivity index (χ3n) is 4.63. The zero-order valence-electron chi connectivity index (χ0n) is 15.2. The van der Waals surface area contributed by atoms with Crippen LogP contribution < -0.4 is 5.32 Å². The number of rotatable bonds is 2. The second kappa shape index (κ2) is 6.40. The Balaban J connectivity index is 2.09. The number of nitrogens with one attached hydrogen (secondary N) is 2. The molecule has 1 aromatic carbocycles. The normalized spacial score (nSPS) is 15.7. The molecular weight excluding hydrogens is 335 g/mol. The average molecular weight is 356 g/mol. The fourth-order valence-corrected chi connectivity index (χ4v) is 3.16. The number of halogens is 1. The van der Waals surface area contributed by atoms with Gasteiger partial charge in [0.15, 0.2) is 0 Å². The van der Waals surface area contributed by atoms with E-state index in [1.165, 1.54) is 36.3 Å². The molecule has 0 saturated heterocycles. The van der Waals surface area contributed by atoms with E-state index in [0.29, 0.717) is 28.9 Å². The van der Waals surface area contributed by atoms with Crippen LogP contribution in [0.4, 0.5) is 4.39 Å². The van der Waals surface area contributed by atoms with E-state index in [-0.39, 0.29) is 17.6 Å². The number of H-pyrrole nitrogens is 1. The number of benzene rings is 1. The maximum Gasteiger partial charge on any atom is 0.257 e. The van der Waals surface area contributed by atoms with Crippen molar-refractivity contribution in [1.29, 1.82) is 0 Å². The van der Waals surface area contributed by atoms with E-state index in [0.717, 1.165) is 5.56 Å². The van der Waals surface area contributed by atoms with Crippen LogP contribution >= 0.6 is 0 Å². The molecule has 2 amide bonds. The number of amides is 2. The van der Waals surface area contributed by atoms with Crippen molar-refractivity contribution in [3.63, 3.8) is 0 Å². The molecule has 0 saturated carbocycles. The molecule has 136 valence electrons. The summed E-state index contributed by atoms with van der Waals surface area (Å²) in [4.78, 5) is 26.9. The van der Waals surface area contributed by atoms with Crippen LogP contribution in [-0.4, -0.2) is 40.5 Å². The molecule has 1 aliphatic heterocycles. The quantitative estimate of drug-likeness (QED) is 0.867. The summed E-state index contributed by atoms with van der Waals surface area (Å²) in [6.07, 6.45) is 3.22. The zero-order chi connectivity index (χ0) is 19.1. The van der Waals surface area contributed by atoms with Gasteiger partial charge in [-0.25, -0.2) is 4.39 Å². The largest absolute Gasteiger partial charge is 0.355 e. The number of hydrogen-bond donors (Lipinski definition) is 2. The van der Waals surface area contributed by atoms with Crippen molar-refractivity contribution in [2.75, 3.05) is 13.6 Å². The van der Waals surface area contributed by atoms with Crippen molar-refractivity contribution in [2.24, 2.45) is 0 Å². The molecule has 1 aromatic heterocycles. The fourth-order valence-electron chi connectivity index (χ4n) is 3.16. The molecule has 0 aliphatic carbocycles. The first kappa shape index (κ1) is 17.8. The van der Waals surface area contributed by atoms with E-state index < -0.39 is 5.41 Å². The number of aromatic amines is 1. The predicted molar refractivity (Wildman–Crippen MR) is 95.8 cm³/mol. The molecule has 26 heavy (non-hydrogen) atoms. The summed E-state index contributed by atoms with van der Waals surface area (Å²) in [5, 5.41) is 9.53. The minimum atomic E-state index is -0.431. The SMILES string of the molecule is CNC(=O)C1=CN(C(=O)c2ccc(F)c(C)c2)CC(C)(C)c2cn[nH]c21. The Morgan fingerprint density at radius 2 is 2.08 bits per heavy atom. The number of carbonyl (C=O) groups excluding carboxylic acids is 2. The van der Waals surface area contributed by atoms with Gasteiger partial charge in [-0.3, -0.25) is 14.7 Å². The minimum Gasteiger partial charge on any atom is -0.355 e. The molecule has 2 aromatic rings. The van der Waals surface area contributed by atoms with Crippen LogP contribution in [0.15, 0.2) is 30.6 Å². The first-order valence-electron chi connectivity index (χ1n) is 8.30. The van der Waals surface area contributed by atoms with Crippen LogP contribution in [-0.2, 0) is 10.2 Å². The molecule has 0 radical (unpaired) electrons. The van der Waals surface area contributed by atoms with Crippen LogP contribution in [0.2, 0.25) is 0 Å². The van der Waals surface area contributed by atoms with Gasteiger partial charge < -0.3 is 10.2 Å². The fraction of sp³-hybridized carbons (Fsp3) is 0.316. The Labute approximate surface area is 151 Å². The average Bonchev–Trinajstić information content (AvgIpc) is 3.06. The van der Waals surface area contributed by atoms with Crippen molar-refractivity contribution in [1.82, 2.24) is 20.4 Å². The third kappa shape index (κ3) is 3.00. The maximum atomic E-state index is 13.5. The molecule has 0 spiro atoms. The summed E-state index contributed by atoms with van der Waals surface area (Å²) >= 11 is 0. The van der Waals surface area contributed by atoms with Gasteiger partial charge in [0.05, 0.1) is 17.5 Å². The Hall–Kier alpha value is -2.96. The Morgan fingerprint density at radius 1 is 1.35 bits per heavy atom. The molecule has 6 nitrogen and oxygen atoms in total. The number of fused-ring (bicyclic) bond motifs is 1. The Kier molecular flexibility index (Phi) is 4.39. The maximum absolute atomic E-state index is 13.5. The summed E-state index contributed by atoms with van der Waals surface area (Å²) in [6.45, 7) is 5.94. The summed E-state index contributed by atoms with van der Waals surface area (Å²) in [5.41, 5.74) is 2.13. The van der Waals surface area contributed by atoms with E-state index in [1.807, 2.05) is 13.8 Å². The second-order valence-corrected chi connectivity index (χ2v) is 7.06. The standard InChI is InChI=1S/C19H21FN4O2/c1-11-7-12(5-6-15(11)20)18(26)24-9-13(17(25)21-4)16-14(8-22-23-16)19(2,3)10-24/h5-9H,10H2,1-4H3,(H,21,25)(H,22,23). The summed E-state index contributed by atoms with van der Waals surface area (Å²) in [5.74, 6) is -0.970. The lowest BCUT2D eigenvalue weighted by atomic mass is 9.84. The van der Waals surface area contributed by atoms with Crippen LogP contribution in [0.3, 0.4) is 0 Å². The molecule has 0 fully saturated rings. The molecule has 7 heteroatoms. The first-order chi connectivity index (χ1) is 12.2. The van der Waals surface area contributed by atoms with Crippen molar-refractivity contribution >= 4 is 17.4 Å². The number of nitrogens with zero attached hydrogens (tertiary/aromatic N) is 2. The van der Waals surface area contributed by atoms with Crippen molar-refractivity contribution in [2.45, 2.75) is 26.2 Å². The van der Waals surface area contributed by atoms with E-state index in [9.17, 15) is 14.0 Å². The van der Waals surface area contributed by atoms with Crippen LogP contribution in [0.25, 0.3) is 5.57 Å². The molecule has 0 bridgehead atoms. The summed E-state index contributed by atoms with van der Waals surface area (Å²) in [6, 6.07) is 4.25. The molecule has 2 heterocycles. The van der Waals surface area contributed by atoms with Gasteiger partial charge in [-0.05, 0) is 30.7 Å². The smallest absolute Gasteiger partial charge is 0.257 e. The van der Waals surface area contributed by atoms with Gasteiger partial charge in [-0.15, -0.1) is 0 Å². The van der Waals surface area contributed by atoms with Gasteiger partial charge in [0.2, 0.25) is 0 Å². The lowest BCUT2D eigenvalue weighted by Crippen LogP contribution is -2.37. The highest BCUT2D eigenvalue weighted by atomic mass is 19.1. The van der Waals surface area contributed by atoms with Crippen molar-refractivity contribution < 1.29 is 14.0 Å². The lowest BCUT2D eigenvalue weighted by Gasteiger charge is -2.28. The Bertz CT molecular complexity index is 914. The highest BCUT2D eigenvalue weighted by molar-refractivity contribution is 6.19. The van der Waals surface area contributed by atoms with E-state index in [2.05, 4.69) is 15.5 Å². The van der Waals surface area contributed by atoms with Crippen molar-refractivity contribution in [3.05, 3.63) is 58.8 Å². The van der Waals surface area contributed by atoms with Gasteiger partial charge in [0.1, 0.15) is 5.82 Å². The van der Waals surface area contributed by atoms with Crippen LogP contribution in [0.5, 0.6) is 0 Å². The minimum absolute atomic E-state index is 0.291. The Morgan fingerprint density at radius 3 is 2.73 bits per heavy atom. The molecule has 0 atom stereocenters. The number of aromatic nitrogens is 2. The number of aryl methyl sites for hydroxylation is 1. The summed E-state index contributed by atoms with van der Waals surface area (Å²) in [7, 11) is 1.53. The van der Waals surface area contributed by atoms with Gasteiger partial charge in [-0.1, -0.05) is 13.8 Å². The third-order valence-corrected chi connectivity index (χ3v) is 4.63. The topological polar surface area (TPSA) is 78.1 Å². The molecule has 1 aliphatic rings. The molecule has 0 unspecified atom stereocenters. The van der Waals surface area contributed by atoms with Crippen LogP contribution in [0, 0.1) is 12.7 Å². The van der Waals surface area contributed by atoms with Gasteiger partial charge in [-0.2, -0.15) is 5.10 Å². The monoisotopic (exact) mass is 356 g/mol. The summed E-state index contributed by atoms with van der Waals surface area (Å²) < 4.78 is 13.5. The zero-order valence-corrected chi connectivity index (χ0v) is 15.2. The highest BCUT2D eigenvalue weighted by Crippen LogP contribution is 2.34. The lowest BCUT2D eigenvalue weighted by molar-refractivity contribution is -0.115. The van der Waals surface area contributed by atoms with Crippen LogP contribution in [0.1, 0.15) is 41.0 Å². The number of hydrogen-bond acceptors (Lipinski definition) is 3. The predicted octanol–water partition coefficient (Wildman–Crippen LogP) is 2.38. The van der Waals surface area contributed by atoms with E-state index in [1.54, 1.807) is 13.1 Å². The first-order valence-corrected chi connectivity index (χ1v) is 8.30. The highest BCUT2D eigenvalue weighted by Gasteiger charge is 2.35. The van der Waals surface area contributed by atoms with Gasteiger partial charge in [0.25, 0.3) is 11.8 Å². The van der Waals surface area contributed by atoms with Gasteiger partial charge in [0, 0.05) is 36.3 Å².